The molecule has 3 atom stereocenters. The van der Waals surface area contributed by atoms with E-state index < -0.39 is 10.0 Å². The molecule has 0 bridgehead atoms. The van der Waals surface area contributed by atoms with Crippen molar-refractivity contribution in [3.8, 4) is 17.6 Å². The van der Waals surface area contributed by atoms with Crippen LogP contribution in [0.15, 0.2) is 83.8 Å². The Labute approximate surface area is 219 Å². The van der Waals surface area contributed by atoms with Gasteiger partial charge in [-0.1, -0.05) is 42.2 Å². The fourth-order valence-electron chi connectivity index (χ4n) is 5.48. The lowest BCUT2D eigenvalue weighted by molar-refractivity contribution is -0.0553. The number of fused-ring (bicyclic) bond motifs is 1. The fraction of sp³-hybridized carbons (Fsp3) is 0.333. The number of hydrogen-bond acceptors (Lipinski definition) is 5. The third-order valence-electron chi connectivity index (χ3n) is 7.45. The number of hydrogen-bond donors (Lipinski definition) is 1. The van der Waals surface area contributed by atoms with Gasteiger partial charge in [0, 0.05) is 42.2 Å². The molecule has 1 N–H and O–H groups in total. The minimum absolute atomic E-state index is 0.00623. The minimum Gasteiger partial charge on any atom is -0.497 e. The van der Waals surface area contributed by atoms with Crippen LogP contribution in [0.1, 0.15) is 35.4 Å². The van der Waals surface area contributed by atoms with Gasteiger partial charge in [0.2, 0.25) is 10.0 Å². The van der Waals surface area contributed by atoms with Crippen molar-refractivity contribution in [1.29, 1.82) is 0 Å². The molecule has 5 rings (SSSR count). The highest BCUT2D eigenvalue weighted by atomic mass is 32.2. The molecule has 7 heteroatoms. The van der Waals surface area contributed by atoms with Crippen LogP contribution in [0.4, 0.5) is 0 Å². The Kier molecular flexibility index (Phi) is 7.63. The van der Waals surface area contributed by atoms with Crippen molar-refractivity contribution in [2.45, 2.75) is 35.7 Å². The van der Waals surface area contributed by atoms with E-state index >= 15 is 0 Å². The molecule has 3 unspecified atom stereocenters. The molecule has 2 fully saturated rings. The number of methoxy groups -OCH3 is 1. The van der Waals surface area contributed by atoms with Gasteiger partial charge in [-0.15, -0.1) is 0 Å². The number of benzene rings is 3. The molecule has 37 heavy (non-hydrogen) atoms. The molecule has 2 heterocycles. The monoisotopic (exact) mass is 516 g/mol. The highest BCUT2D eigenvalue weighted by Crippen LogP contribution is 2.42. The topological polar surface area (TPSA) is 70.1 Å². The summed E-state index contributed by atoms with van der Waals surface area (Å²) in [7, 11) is -2.09. The van der Waals surface area contributed by atoms with Crippen LogP contribution < -0.4 is 4.74 Å². The first kappa shape index (κ1) is 25.5. The van der Waals surface area contributed by atoms with E-state index in [0.717, 1.165) is 36.1 Å². The first-order valence-electron chi connectivity index (χ1n) is 12.7. The van der Waals surface area contributed by atoms with Crippen molar-refractivity contribution in [2.75, 3.05) is 33.4 Å². The number of rotatable bonds is 5. The van der Waals surface area contributed by atoms with Crippen molar-refractivity contribution in [3.63, 3.8) is 0 Å². The molecule has 0 saturated carbocycles. The molecular formula is C30H32N2O4S. The lowest BCUT2D eigenvalue weighted by Crippen LogP contribution is -2.67. The second-order valence-electron chi connectivity index (χ2n) is 9.56. The van der Waals surface area contributed by atoms with E-state index in [4.69, 9.17) is 4.74 Å². The maximum absolute atomic E-state index is 13.6. The summed E-state index contributed by atoms with van der Waals surface area (Å²) < 4.78 is 33.9. The largest absolute Gasteiger partial charge is 0.497 e. The molecular weight excluding hydrogens is 484 g/mol. The molecule has 0 aromatic heterocycles. The van der Waals surface area contributed by atoms with Gasteiger partial charge in [0.25, 0.3) is 0 Å². The molecule has 0 amide bonds. The third kappa shape index (κ3) is 5.29. The maximum atomic E-state index is 13.6. The van der Waals surface area contributed by atoms with E-state index in [2.05, 4.69) is 28.9 Å². The van der Waals surface area contributed by atoms with E-state index in [1.54, 1.807) is 35.7 Å². The maximum Gasteiger partial charge on any atom is 0.243 e. The summed E-state index contributed by atoms with van der Waals surface area (Å²) in [6.45, 7) is 1.79. The first-order valence-corrected chi connectivity index (χ1v) is 14.1. The van der Waals surface area contributed by atoms with Gasteiger partial charge in [-0.25, -0.2) is 8.42 Å². The summed E-state index contributed by atoms with van der Waals surface area (Å²) in [5.41, 5.74) is 2.99. The van der Waals surface area contributed by atoms with Gasteiger partial charge in [0.1, 0.15) is 5.75 Å². The second-order valence-corrected chi connectivity index (χ2v) is 11.5. The van der Waals surface area contributed by atoms with Crippen molar-refractivity contribution in [1.82, 2.24) is 9.21 Å². The van der Waals surface area contributed by atoms with Gasteiger partial charge in [0.05, 0.1) is 18.6 Å². The lowest BCUT2D eigenvalue weighted by Gasteiger charge is -2.57. The average Bonchev–Trinajstić information content (AvgIpc) is 2.92. The molecule has 6 nitrogen and oxygen atoms in total. The summed E-state index contributed by atoms with van der Waals surface area (Å²) in [6, 6.07) is 24.6. The number of sulfonamides is 1. The molecule has 0 spiro atoms. The van der Waals surface area contributed by atoms with Gasteiger partial charge in [-0.2, -0.15) is 4.31 Å². The lowest BCUT2D eigenvalue weighted by atomic mass is 9.74. The summed E-state index contributed by atoms with van der Waals surface area (Å²) in [5, 5.41) is 10.2. The quantitative estimate of drug-likeness (QED) is 0.524. The predicted octanol–water partition coefficient (Wildman–Crippen LogP) is 3.71. The van der Waals surface area contributed by atoms with Crippen LogP contribution in [0.2, 0.25) is 0 Å². The molecule has 2 aliphatic heterocycles. The summed E-state index contributed by atoms with van der Waals surface area (Å²) >= 11 is 0. The average molecular weight is 517 g/mol. The van der Waals surface area contributed by atoms with Crippen LogP contribution in [-0.2, 0) is 10.0 Å². The summed E-state index contributed by atoms with van der Waals surface area (Å²) in [4.78, 5) is 2.56. The predicted molar refractivity (Wildman–Crippen MR) is 144 cm³/mol. The minimum atomic E-state index is -3.65. The highest BCUT2D eigenvalue weighted by Gasteiger charge is 2.50. The number of aliphatic hydroxyl groups is 1. The Morgan fingerprint density at radius 3 is 2.19 bits per heavy atom. The zero-order valence-corrected chi connectivity index (χ0v) is 21.8. The van der Waals surface area contributed by atoms with E-state index in [9.17, 15) is 13.5 Å². The third-order valence-corrected chi connectivity index (χ3v) is 9.33. The van der Waals surface area contributed by atoms with Crippen molar-refractivity contribution >= 4 is 10.0 Å². The number of aliphatic hydroxyl groups excluding tert-OH is 1. The van der Waals surface area contributed by atoms with Gasteiger partial charge < -0.3 is 9.84 Å². The Morgan fingerprint density at radius 2 is 1.54 bits per heavy atom. The van der Waals surface area contributed by atoms with Crippen LogP contribution in [0.3, 0.4) is 0 Å². The first-order chi connectivity index (χ1) is 18.0. The number of nitrogens with zero attached hydrogens (tertiary/aromatic N) is 2. The molecule has 2 aliphatic rings. The van der Waals surface area contributed by atoms with Crippen LogP contribution >= 0.6 is 0 Å². The second kappa shape index (κ2) is 11.1. The molecule has 3 aromatic carbocycles. The SMILES string of the molecule is COc1ccc(S(=O)(=O)N2CCCCN3C(CO)C(c4ccc(C#Cc5ccccc5)cc4)C3C2)cc1. The van der Waals surface area contributed by atoms with Gasteiger partial charge in [-0.05, 0) is 73.5 Å². The van der Waals surface area contributed by atoms with E-state index in [1.807, 2.05) is 42.5 Å². The van der Waals surface area contributed by atoms with Crippen molar-refractivity contribution in [2.24, 2.45) is 0 Å². The van der Waals surface area contributed by atoms with E-state index in [1.165, 1.54) is 0 Å². The highest BCUT2D eigenvalue weighted by molar-refractivity contribution is 7.89. The molecule has 0 radical (unpaired) electrons. The molecule has 0 aliphatic carbocycles. The number of ether oxygens (including phenoxy) is 1. The van der Waals surface area contributed by atoms with Gasteiger partial charge in [0.15, 0.2) is 0 Å². The summed E-state index contributed by atoms with van der Waals surface area (Å²) in [6.07, 6.45) is 1.68. The van der Waals surface area contributed by atoms with Crippen LogP contribution in [0.25, 0.3) is 0 Å². The van der Waals surface area contributed by atoms with E-state index in [-0.39, 0.29) is 29.5 Å². The zero-order valence-electron chi connectivity index (χ0n) is 21.0. The smallest absolute Gasteiger partial charge is 0.243 e. The normalized spacial score (nSPS) is 22.5. The van der Waals surface area contributed by atoms with E-state index in [0.29, 0.717) is 18.8 Å². The molecule has 2 saturated heterocycles. The van der Waals surface area contributed by atoms with Crippen LogP contribution in [0, 0.1) is 11.8 Å². The Morgan fingerprint density at radius 1 is 0.892 bits per heavy atom. The Hall–Kier alpha value is -3.15. The van der Waals surface area contributed by atoms with Crippen LogP contribution in [-0.4, -0.2) is 68.2 Å². The molecule has 192 valence electrons. The van der Waals surface area contributed by atoms with Gasteiger partial charge in [-0.3, -0.25) is 4.90 Å². The fourth-order valence-corrected chi connectivity index (χ4v) is 6.97. The van der Waals surface area contributed by atoms with Crippen LogP contribution in [0.5, 0.6) is 5.75 Å². The van der Waals surface area contributed by atoms with Crippen molar-refractivity contribution < 1.29 is 18.3 Å². The van der Waals surface area contributed by atoms with Crippen molar-refractivity contribution in [3.05, 3.63) is 95.6 Å². The Bertz CT molecular complexity index is 1360. The Balaban J connectivity index is 1.38. The molecule has 3 aromatic rings. The standard InChI is InChI=1S/C30H32N2O4S/c1-36-26-15-17-27(18-16-26)37(34,35)31-19-5-6-20-32-28(21-31)30(29(32)22-33)25-13-11-24(12-14-25)10-9-23-7-3-2-4-8-23/h2-4,7-8,11-18,28-30,33H,5-6,19-22H2,1H3. The zero-order chi connectivity index (χ0) is 25.8. The van der Waals surface area contributed by atoms with Gasteiger partial charge >= 0.3 is 0 Å². The summed E-state index contributed by atoms with van der Waals surface area (Å²) in [5.74, 6) is 7.07.